The van der Waals surface area contributed by atoms with E-state index < -0.39 is 0 Å². The van der Waals surface area contributed by atoms with E-state index in [9.17, 15) is 5.11 Å². The summed E-state index contributed by atoms with van der Waals surface area (Å²) in [5.41, 5.74) is 0.973. The van der Waals surface area contributed by atoms with E-state index in [2.05, 4.69) is 9.80 Å². The van der Waals surface area contributed by atoms with E-state index in [1.165, 1.54) is 37.2 Å². The van der Waals surface area contributed by atoms with Gasteiger partial charge in [0.2, 0.25) is 0 Å². The number of fused-ring (bicyclic) bond motifs is 1. The first-order chi connectivity index (χ1) is 9.81. The Morgan fingerprint density at radius 1 is 1.10 bits per heavy atom. The molecule has 1 N–H and O–H groups in total. The van der Waals surface area contributed by atoms with Gasteiger partial charge in [0, 0.05) is 24.0 Å². The zero-order valence-electron chi connectivity index (χ0n) is 11.9. The summed E-state index contributed by atoms with van der Waals surface area (Å²) in [5.74, 6) is 0. The lowest BCUT2D eigenvalue weighted by Gasteiger charge is -2.23. The molecular weight excluding hydrogens is 270 g/mol. The molecule has 110 valence electrons. The van der Waals surface area contributed by atoms with Crippen molar-refractivity contribution in [1.29, 1.82) is 0 Å². The predicted octanol–water partition coefficient (Wildman–Crippen LogP) is 2.19. The number of aryl methyl sites for hydroxylation is 1. The third kappa shape index (κ3) is 2.26. The summed E-state index contributed by atoms with van der Waals surface area (Å²) in [5, 5.41) is 11.2. The monoisotopic (exact) mass is 293 g/mol. The molecule has 2 saturated heterocycles. The van der Waals surface area contributed by atoms with Crippen LogP contribution in [0.3, 0.4) is 0 Å². The van der Waals surface area contributed by atoms with Crippen molar-refractivity contribution < 1.29 is 5.11 Å². The van der Waals surface area contributed by atoms with Gasteiger partial charge in [0.05, 0.1) is 11.8 Å². The molecule has 2 atom stereocenters. The van der Waals surface area contributed by atoms with Crippen molar-refractivity contribution >= 4 is 16.5 Å². The number of aromatic nitrogens is 1. The SMILES string of the molecule is OC1CCCc2sc(N3CCC(N4CCCC4)C3)nc21. The fourth-order valence-corrected chi connectivity index (χ4v) is 5.03. The molecule has 2 unspecified atom stereocenters. The number of aliphatic hydroxyl groups is 1. The molecule has 0 bridgehead atoms. The maximum atomic E-state index is 10.1. The zero-order chi connectivity index (χ0) is 13.5. The summed E-state index contributed by atoms with van der Waals surface area (Å²) in [6, 6.07) is 0.725. The average molecular weight is 293 g/mol. The lowest BCUT2D eigenvalue weighted by atomic mass is 10.0. The number of hydrogen-bond donors (Lipinski definition) is 1. The minimum absolute atomic E-state index is 0.319. The molecule has 0 aromatic carbocycles. The van der Waals surface area contributed by atoms with Crippen molar-refractivity contribution in [3.8, 4) is 0 Å². The number of hydrogen-bond acceptors (Lipinski definition) is 5. The van der Waals surface area contributed by atoms with Crippen molar-refractivity contribution in [2.75, 3.05) is 31.1 Å². The normalized spacial score (nSPS) is 30.9. The van der Waals surface area contributed by atoms with Crippen molar-refractivity contribution in [2.45, 2.75) is 50.7 Å². The van der Waals surface area contributed by atoms with Crippen LogP contribution in [0.4, 0.5) is 5.13 Å². The summed E-state index contributed by atoms with van der Waals surface area (Å²) in [6.45, 7) is 4.82. The molecule has 1 aliphatic carbocycles. The Kier molecular flexibility index (Phi) is 3.44. The topological polar surface area (TPSA) is 39.6 Å². The molecule has 2 aliphatic heterocycles. The molecule has 1 aromatic heterocycles. The highest BCUT2D eigenvalue weighted by Crippen LogP contribution is 2.38. The van der Waals surface area contributed by atoms with Crippen molar-refractivity contribution in [1.82, 2.24) is 9.88 Å². The van der Waals surface area contributed by atoms with Crippen molar-refractivity contribution in [2.24, 2.45) is 0 Å². The summed E-state index contributed by atoms with van der Waals surface area (Å²) in [6.07, 6.45) is 6.78. The second-order valence-corrected chi connectivity index (χ2v) is 7.41. The molecular formula is C15H23N3OS. The van der Waals surface area contributed by atoms with Gasteiger partial charge in [-0.1, -0.05) is 0 Å². The Bertz CT molecular complexity index is 483. The van der Waals surface area contributed by atoms with Crippen LogP contribution in [0.2, 0.25) is 0 Å². The number of anilines is 1. The van der Waals surface area contributed by atoms with E-state index >= 15 is 0 Å². The highest BCUT2D eigenvalue weighted by atomic mass is 32.1. The number of rotatable bonds is 2. The molecule has 3 aliphatic rings. The van der Waals surface area contributed by atoms with Crippen LogP contribution in [0.5, 0.6) is 0 Å². The van der Waals surface area contributed by atoms with Crippen LogP contribution in [-0.4, -0.2) is 47.2 Å². The molecule has 4 nitrogen and oxygen atoms in total. The number of thiazole rings is 1. The summed E-state index contributed by atoms with van der Waals surface area (Å²) >= 11 is 1.82. The van der Waals surface area contributed by atoms with Gasteiger partial charge in [-0.2, -0.15) is 0 Å². The smallest absolute Gasteiger partial charge is 0.185 e. The van der Waals surface area contributed by atoms with E-state index in [1.807, 2.05) is 11.3 Å². The Labute approximate surface area is 124 Å². The number of nitrogens with zero attached hydrogens (tertiary/aromatic N) is 3. The standard InChI is InChI=1S/C15H23N3OS/c19-12-4-3-5-13-14(12)16-15(20-13)18-9-6-11(10-18)17-7-1-2-8-17/h11-12,19H,1-10H2. The molecule has 0 radical (unpaired) electrons. The first-order valence-corrected chi connectivity index (χ1v) is 8.79. The first kappa shape index (κ1) is 13.0. The average Bonchev–Trinajstić information content (AvgIpc) is 3.18. The van der Waals surface area contributed by atoms with Crippen LogP contribution < -0.4 is 4.90 Å². The van der Waals surface area contributed by atoms with Crippen LogP contribution in [-0.2, 0) is 6.42 Å². The molecule has 4 rings (SSSR count). The van der Waals surface area contributed by atoms with E-state index in [0.29, 0.717) is 0 Å². The van der Waals surface area contributed by atoms with Crippen LogP contribution in [0.15, 0.2) is 0 Å². The third-order valence-electron chi connectivity index (χ3n) is 5.00. The van der Waals surface area contributed by atoms with Crippen molar-refractivity contribution in [3.05, 3.63) is 10.6 Å². The van der Waals surface area contributed by atoms with Crippen LogP contribution in [0, 0.1) is 0 Å². The van der Waals surface area contributed by atoms with Gasteiger partial charge in [-0.05, 0) is 51.6 Å². The molecule has 0 amide bonds. The molecule has 0 saturated carbocycles. The Morgan fingerprint density at radius 3 is 2.75 bits per heavy atom. The highest BCUT2D eigenvalue weighted by Gasteiger charge is 2.32. The predicted molar refractivity (Wildman–Crippen MR) is 81.4 cm³/mol. The molecule has 3 heterocycles. The van der Waals surface area contributed by atoms with Gasteiger partial charge in [-0.15, -0.1) is 11.3 Å². The summed E-state index contributed by atoms with van der Waals surface area (Å²) in [7, 11) is 0. The third-order valence-corrected chi connectivity index (χ3v) is 6.20. The van der Waals surface area contributed by atoms with Gasteiger partial charge in [0.25, 0.3) is 0 Å². The summed E-state index contributed by atoms with van der Waals surface area (Å²) < 4.78 is 0. The fourth-order valence-electron chi connectivity index (χ4n) is 3.84. The largest absolute Gasteiger partial charge is 0.387 e. The molecule has 5 heteroatoms. The first-order valence-electron chi connectivity index (χ1n) is 7.98. The number of aliphatic hydroxyl groups excluding tert-OH is 1. The van der Waals surface area contributed by atoms with Crippen molar-refractivity contribution in [3.63, 3.8) is 0 Å². The number of likely N-dealkylation sites (tertiary alicyclic amines) is 1. The molecule has 0 spiro atoms. The minimum atomic E-state index is -0.319. The van der Waals surface area contributed by atoms with Crippen LogP contribution in [0.1, 0.15) is 48.8 Å². The lowest BCUT2D eigenvalue weighted by Crippen LogP contribution is -2.35. The van der Waals surface area contributed by atoms with Gasteiger partial charge in [0.1, 0.15) is 0 Å². The second-order valence-electron chi connectivity index (χ2n) is 6.34. The minimum Gasteiger partial charge on any atom is -0.387 e. The zero-order valence-corrected chi connectivity index (χ0v) is 12.7. The maximum Gasteiger partial charge on any atom is 0.185 e. The van der Waals surface area contributed by atoms with Gasteiger partial charge in [-0.25, -0.2) is 4.98 Å². The van der Waals surface area contributed by atoms with E-state index in [-0.39, 0.29) is 6.10 Å². The Balaban J connectivity index is 1.48. The van der Waals surface area contributed by atoms with Gasteiger partial charge >= 0.3 is 0 Å². The quantitative estimate of drug-likeness (QED) is 0.907. The maximum absolute atomic E-state index is 10.1. The van der Waals surface area contributed by atoms with Gasteiger partial charge in [0.15, 0.2) is 5.13 Å². The van der Waals surface area contributed by atoms with Gasteiger partial charge in [-0.3, -0.25) is 4.90 Å². The molecule has 1 aromatic rings. The lowest BCUT2D eigenvalue weighted by molar-refractivity contribution is 0.153. The van der Waals surface area contributed by atoms with E-state index in [4.69, 9.17) is 4.98 Å². The van der Waals surface area contributed by atoms with Crippen LogP contribution in [0.25, 0.3) is 0 Å². The Hall–Kier alpha value is -0.650. The fraction of sp³-hybridized carbons (Fsp3) is 0.800. The molecule has 20 heavy (non-hydrogen) atoms. The summed E-state index contributed by atoms with van der Waals surface area (Å²) in [4.78, 5) is 11.2. The van der Waals surface area contributed by atoms with E-state index in [1.54, 1.807) is 0 Å². The molecule has 2 fully saturated rings. The second kappa shape index (κ2) is 5.28. The Morgan fingerprint density at radius 2 is 1.95 bits per heavy atom. The van der Waals surface area contributed by atoms with Gasteiger partial charge < -0.3 is 10.0 Å². The van der Waals surface area contributed by atoms with Crippen LogP contribution >= 0.6 is 11.3 Å². The van der Waals surface area contributed by atoms with E-state index in [0.717, 1.165) is 49.2 Å². The highest BCUT2D eigenvalue weighted by molar-refractivity contribution is 7.15.